The second-order valence-corrected chi connectivity index (χ2v) is 7.21. The van der Waals surface area contributed by atoms with Crippen LogP contribution in [0.1, 0.15) is 43.5 Å². The molecule has 2 unspecified atom stereocenters. The summed E-state index contributed by atoms with van der Waals surface area (Å²) in [6.07, 6.45) is 2.23. The predicted molar refractivity (Wildman–Crippen MR) is 93.2 cm³/mol. The number of aliphatic carboxylic acids is 1. The number of carbonyl (C=O) groups is 3. The molecule has 1 aliphatic carbocycles. The van der Waals surface area contributed by atoms with E-state index in [1.54, 1.807) is 36.1 Å². The van der Waals surface area contributed by atoms with Crippen LogP contribution in [0.25, 0.3) is 0 Å². The Balaban J connectivity index is 1.66. The normalized spacial score (nSPS) is 28.3. The van der Waals surface area contributed by atoms with Crippen molar-refractivity contribution in [1.29, 1.82) is 0 Å². The van der Waals surface area contributed by atoms with E-state index < -0.39 is 11.9 Å². The summed E-state index contributed by atoms with van der Waals surface area (Å²) in [6.45, 7) is 4.42. The summed E-state index contributed by atoms with van der Waals surface area (Å²) in [4.78, 5) is 37.6. The quantitative estimate of drug-likeness (QED) is 0.879. The van der Waals surface area contributed by atoms with Gasteiger partial charge in [-0.15, -0.1) is 0 Å². The standard InChI is InChI=1S/C19H24N2O4/c1-11-10-16(11)17(22)20-14-7-5-13(6-8-14)18(23)21-9-3-4-15(12(21)2)19(24)25/h5-8,11-12,15-16H,3-4,9-10H2,1-2H3,(H,20,22)(H,24,25)/t11?,12-,15-,16?/m0/s1. The van der Waals surface area contributed by atoms with Crippen molar-refractivity contribution in [2.24, 2.45) is 17.8 Å². The summed E-state index contributed by atoms with van der Waals surface area (Å²) in [5.41, 5.74) is 1.19. The summed E-state index contributed by atoms with van der Waals surface area (Å²) in [7, 11) is 0. The molecule has 0 aromatic heterocycles. The molecule has 2 fully saturated rings. The molecule has 1 aromatic rings. The van der Waals surface area contributed by atoms with Crippen LogP contribution >= 0.6 is 0 Å². The van der Waals surface area contributed by atoms with Gasteiger partial charge in [0.05, 0.1) is 5.92 Å². The summed E-state index contributed by atoms with van der Waals surface area (Å²) in [6, 6.07) is 6.49. The van der Waals surface area contributed by atoms with Crippen LogP contribution in [0.15, 0.2) is 24.3 Å². The molecule has 1 aliphatic heterocycles. The van der Waals surface area contributed by atoms with Crippen LogP contribution in [0, 0.1) is 17.8 Å². The molecular weight excluding hydrogens is 320 g/mol. The highest BCUT2D eigenvalue weighted by Crippen LogP contribution is 2.38. The molecule has 25 heavy (non-hydrogen) atoms. The number of carbonyl (C=O) groups excluding carboxylic acids is 2. The lowest BCUT2D eigenvalue weighted by Gasteiger charge is -2.37. The zero-order valence-corrected chi connectivity index (χ0v) is 14.6. The van der Waals surface area contributed by atoms with Crippen LogP contribution < -0.4 is 5.32 Å². The van der Waals surface area contributed by atoms with Gasteiger partial charge in [0.25, 0.3) is 5.91 Å². The Morgan fingerprint density at radius 1 is 1.12 bits per heavy atom. The number of carboxylic acids is 1. The molecule has 0 spiro atoms. The fourth-order valence-electron chi connectivity index (χ4n) is 3.54. The number of nitrogens with one attached hydrogen (secondary N) is 1. The Kier molecular flexibility index (Phi) is 4.79. The van der Waals surface area contributed by atoms with E-state index in [2.05, 4.69) is 12.2 Å². The topological polar surface area (TPSA) is 86.7 Å². The number of benzene rings is 1. The predicted octanol–water partition coefficient (Wildman–Crippen LogP) is 2.61. The molecule has 3 rings (SSSR count). The number of nitrogens with zero attached hydrogens (tertiary/aromatic N) is 1. The van der Waals surface area contributed by atoms with E-state index in [9.17, 15) is 19.5 Å². The first-order valence-electron chi connectivity index (χ1n) is 8.83. The number of amides is 2. The van der Waals surface area contributed by atoms with Gasteiger partial charge in [-0.3, -0.25) is 14.4 Å². The van der Waals surface area contributed by atoms with Gasteiger partial charge in [-0.25, -0.2) is 0 Å². The molecular formula is C19H24N2O4. The van der Waals surface area contributed by atoms with Crippen molar-refractivity contribution in [2.45, 2.75) is 39.2 Å². The highest BCUT2D eigenvalue weighted by molar-refractivity contribution is 5.97. The van der Waals surface area contributed by atoms with E-state index >= 15 is 0 Å². The van der Waals surface area contributed by atoms with E-state index in [-0.39, 0.29) is 23.8 Å². The van der Waals surface area contributed by atoms with Crippen molar-refractivity contribution >= 4 is 23.5 Å². The molecule has 2 amide bonds. The molecule has 0 bridgehead atoms. The second-order valence-electron chi connectivity index (χ2n) is 7.21. The highest BCUT2D eigenvalue weighted by atomic mass is 16.4. The van der Waals surface area contributed by atoms with Crippen LogP contribution in [0.5, 0.6) is 0 Å². The minimum absolute atomic E-state index is 0.0283. The Hall–Kier alpha value is -2.37. The van der Waals surface area contributed by atoms with Crippen molar-refractivity contribution in [2.75, 3.05) is 11.9 Å². The molecule has 2 aliphatic rings. The van der Waals surface area contributed by atoms with Crippen molar-refractivity contribution in [3.63, 3.8) is 0 Å². The summed E-state index contributed by atoms with van der Waals surface area (Å²) in [5, 5.41) is 12.2. The van der Waals surface area contributed by atoms with E-state index in [1.165, 1.54) is 0 Å². The monoisotopic (exact) mass is 344 g/mol. The lowest BCUT2D eigenvalue weighted by Crippen LogP contribution is -2.49. The Bertz CT molecular complexity index is 685. The third-order valence-corrected chi connectivity index (χ3v) is 5.41. The van der Waals surface area contributed by atoms with Gasteiger partial charge in [0.15, 0.2) is 0 Å². The van der Waals surface area contributed by atoms with Gasteiger partial charge >= 0.3 is 5.97 Å². The molecule has 4 atom stereocenters. The van der Waals surface area contributed by atoms with Crippen LogP contribution in [-0.4, -0.2) is 40.4 Å². The lowest BCUT2D eigenvalue weighted by molar-refractivity contribution is -0.145. The van der Waals surface area contributed by atoms with Crippen LogP contribution in [0.3, 0.4) is 0 Å². The number of likely N-dealkylation sites (tertiary alicyclic amines) is 1. The maximum absolute atomic E-state index is 12.7. The molecule has 134 valence electrons. The molecule has 2 N–H and O–H groups in total. The van der Waals surface area contributed by atoms with E-state index in [0.29, 0.717) is 36.6 Å². The zero-order chi connectivity index (χ0) is 18.1. The summed E-state index contributed by atoms with van der Waals surface area (Å²) < 4.78 is 0. The van der Waals surface area contributed by atoms with Gasteiger partial charge in [-0.1, -0.05) is 6.92 Å². The molecule has 0 radical (unpaired) electrons. The summed E-state index contributed by atoms with van der Waals surface area (Å²) in [5.74, 6) is -0.950. The van der Waals surface area contributed by atoms with Crippen LogP contribution in [0.2, 0.25) is 0 Å². The minimum Gasteiger partial charge on any atom is -0.481 e. The largest absolute Gasteiger partial charge is 0.481 e. The van der Waals surface area contributed by atoms with Crippen molar-refractivity contribution in [1.82, 2.24) is 4.90 Å². The molecule has 1 heterocycles. The van der Waals surface area contributed by atoms with Crippen LogP contribution in [0.4, 0.5) is 5.69 Å². The first kappa shape index (κ1) is 17.5. The van der Waals surface area contributed by atoms with Crippen molar-refractivity contribution < 1.29 is 19.5 Å². The van der Waals surface area contributed by atoms with E-state index in [4.69, 9.17) is 0 Å². The van der Waals surface area contributed by atoms with Gasteiger partial charge in [0.2, 0.25) is 5.91 Å². The number of carboxylic acid groups (broad SMARTS) is 1. The van der Waals surface area contributed by atoms with Gasteiger partial charge < -0.3 is 15.3 Å². The third-order valence-electron chi connectivity index (χ3n) is 5.41. The number of anilines is 1. The number of hydrogen-bond acceptors (Lipinski definition) is 3. The molecule has 1 saturated carbocycles. The lowest BCUT2D eigenvalue weighted by atomic mass is 9.90. The van der Waals surface area contributed by atoms with Gasteiger partial charge in [0, 0.05) is 29.8 Å². The number of piperidine rings is 1. The maximum atomic E-state index is 12.7. The smallest absolute Gasteiger partial charge is 0.308 e. The van der Waals surface area contributed by atoms with Crippen molar-refractivity contribution in [3.05, 3.63) is 29.8 Å². The molecule has 6 nitrogen and oxygen atoms in total. The zero-order valence-electron chi connectivity index (χ0n) is 14.6. The van der Waals surface area contributed by atoms with Crippen molar-refractivity contribution in [3.8, 4) is 0 Å². The average molecular weight is 344 g/mol. The first-order chi connectivity index (χ1) is 11.9. The number of rotatable bonds is 4. The average Bonchev–Trinajstić information content (AvgIpc) is 3.32. The Labute approximate surface area is 147 Å². The first-order valence-corrected chi connectivity index (χ1v) is 8.83. The van der Waals surface area contributed by atoms with Crippen LogP contribution in [-0.2, 0) is 9.59 Å². The molecule has 1 saturated heterocycles. The fraction of sp³-hybridized carbons (Fsp3) is 0.526. The SMILES string of the molecule is CC1CC1C(=O)Nc1ccc(C(=O)N2CCC[C@H](C(=O)O)[C@@H]2C)cc1. The van der Waals surface area contributed by atoms with E-state index in [0.717, 1.165) is 6.42 Å². The maximum Gasteiger partial charge on any atom is 0.308 e. The summed E-state index contributed by atoms with van der Waals surface area (Å²) >= 11 is 0. The van der Waals surface area contributed by atoms with Gasteiger partial charge in [-0.2, -0.15) is 0 Å². The van der Waals surface area contributed by atoms with Gasteiger partial charge in [0.1, 0.15) is 0 Å². The highest BCUT2D eigenvalue weighted by Gasteiger charge is 2.39. The Morgan fingerprint density at radius 2 is 1.76 bits per heavy atom. The Morgan fingerprint density at radius 3 is 2.32 bits per heavy atom. The third kappa shape index (κ3) is 3.67. The van der Waals surface area contributed by atoms with Gasteiger partial charge in [-0.05, 0) is 56.4 Å². The minimum atomic E-state index is -0.850. The van der Waals surface area contributed by atoms with E-state index in [1.807, 2.05) is 0 Å². The fourth-order valence-corrected chi connectivity index (χ4v) is 3.54. The number of hydrogen-bond donors (Lipinski definition) is 2. The molecule has 6 heteroatoms. The second kappa shape index (κ2) is 6.86. The molecule has 1 aromatic carbocycles.